The van der Waals surface area contributed by atoms with Crippen LogP contribution in [-0.4, -0.2) is 96.6 Å². The third kappa shape index (κ3) is 22.8. The molecule has 0 saturated heterocycles. The van der Waals surface area contributed by atoms with Gasteiger partial charge in [-0.25, -0.2) is 9.59 Å². The monoisotopic (exact) mass is 997 g/mol. The summed E-state index contributed by atoms with van der Waals surface area (Å²) in [5, 5.41) is 18.0. The number of Topliss-reactive ketones (excluding diaryl/α,β-unsaturated/α-hetero) is 2. The fraction of sp³-hybridized carbons (Fsp3) is 0.464. The first-order valence-corrected chi connectivity index (χ1v) is 24.0. The molecule has 2 rings (SSSR count). The van der Waals surface area contributed by atoms with Crippen LogP contribution in [0.5, 0.6) is 0 Å². The van der Waals surface area contributed by atoms with Gasteiger partial charge in [0.2, 0.25) is 0 Å². The van der Waals surface area contributed by atoms with E-state index in [1.165, 1.54) is 0 Å². The van der Waals surface area contributed by atoms with E-state index in [0.29, 0.717) is 24.0 Å². The summed E-state index contributed by atoms with van der Waals surface area (Å²) in [5.74, 6) is -3.57. The average molecular weight is 997 g/mol. The Labute approximate surface area is 425 Å². The highest BCUT2D eigenvalue weighted by atomic mass is 16.6. The van der Waals surface area contributed by atoms with E-state index in [0.717, 1.165) is 33.4 Å². The zero-order valence-electron chi connectivity index (χ0n) is 44.3. The molecular weight excluding hydrogens is 921 g/mol. The standard InChI is InChI=1S/C56H76N4O12/c1-36(20-16-22-38(3)24-26-42-40(5)50(66)44(32-55(42,10)11)70-47(63)28-30-57-52(68)59-34-46(61)62)18-14-15-19-37(2)21-17-23-39(4)25-27-43-41(6)51(67)45(33-56(43,12)13)71-48(64)29-31-58-53(69)60-35-49(65)72-54(7,8)9/h14-27,44-45H,28-35H2,1-13H3,(H,61,62)(H2,57,59,68)(H2,58,60,69). The molecule has 2 aliphatic rings. The number of aliphatic carboxylic acids is 1. The van der Waals surface area contributed by atoms with Crippen LogP contribution < -0.4 is 21.3 Å². The van der Waals surface area contributed by atoms with Crippen LogP contribution in [-0.2, 0) is 43.0 Å². The first-order valence-electron chi connectivity index (χ1n) is 24.0. The fourth-order valence-corrected chi connectivity index (χ4v) is 7.56. The van der Waals surface area contributed by atoms with Gasteiger partial charge in [-0.1, -0.05) is 135 Å². The molecule has 0 aliphatic heterocycles. The van der Waals surface area contributed by atoms with Crippen LogP contribution in [0.4, 0.5) is 9.59 Å². The molecule has 0 bridgehead atoms. The van der Waals surface area contributed by atoms with Crippen molar-refractivity contribution in [1.29, 1.82) is 0 Å². The summed E-state index contributed by atoms with van der Waals surface area (Å²) in [7, 11) is 0. The SMILES string of the molecule is CC(C=CC=C(C)C=CC1=C(C)C(=O)C(OC(=O)CCNC(=O)NCC(=O)O)CC1(C)C)=CC=CC=C(C)C=CC=C(C)C=CC1=C(C)C(=O)C(OC(=O)CCNC(=O)NCC(=O)OC(C)(C)C)CC1(C)C. The van der Waals surface area contributed by atoms with Gasteiger partial charge in [0.05, 0.1) is 12.8 Å². The quantitative estimate of drug-likeness (QED) is 0.0389. The molecule has 0 aromatic rings. The van der Waals surface area contributed by atoms with Crippen molar-refractivity contribution in [2.75, 3.05) is 26.2 Å². The molecule has 5 N–H and O–H groups in total. The van der Waals surface area contributed by atoms with Crippen molar-refractivity contribution in [1.82, 2.24) is 21.3 Å². The average Bonchev–Trinajstić information content (AvgIpc) is 3.26. The number of carbonyl (C=O) groups is 8. The molecule has 0 saturated carbocycles. The number of ketones is 2. The van der Waals surface area contributed by atoms with E-state index in [2.05, 4.69) is 21.3 Å². The fourth-order valence-electron chi connectivity index (χ4n) is 7.56. The van der Waals surface area contributed by atoms with Crippen LogP contribution >= 0.6 is 0 Å². The van der Waals surface area contributed by atoms with Gasteiger partial charge in [-0.15, -0.1) is 0 Å². The van der Waals surface area contributed by atoms with E-state index in [9.17, 15) is 38.4 Å². The maximum Gasteiger partial charge on any atom is 0.325 e. The molecule has 16 heteroatoms. The Hall–Kier alpha value is -7.10. The molecule has 392 valence electrons. The van der Waals surface area contributed by atoms with Gasteiger partial charge in [-0.2, -0.15) is 0 Å². The third-order valence-corrected chi connectivity index (χ3v) is 11.3. The number of carboxylic acids is 1. The normalized spacial score (nSPS) is 19.2. The van der Waals surface area contributed by atoms with Crippen molar-refractivity contribution in [3.63, 3.8) is 0 Å². The van der Waals surface area contributed by atoms with Crippen molar-refractivity contribution in [2.24, 2.45) is 10.8 Å². The van der Waals surface area contributed by atoms with E-state index in [1.807, 2.05) is 140 Å². The summed E-state index contributed by atoms with van der Waals surface area (Å²) in [6.07, 6.45) is 26.0. The molecule has 2 atom stereocenters. The van der Waals surface area contributed by atoms with Gasteiger partial charge in [0, 0.05) is 25.9 Å². The number of ether oxygens (including phenoxy) is 3. The van der Waals surface area contributed by atoms with E-state index in [1.54, 1.807) is 34.6 Å². The number of hydrogen-bond donors (Lipinski definition) is 5. The van der Waals surface area contributed by atoms with Gasteiger partial charge < -0.3 is 40.6 Å². The summed E-state index contributed by atoms with van der Waals surface area (Å²) < 4.78 is 16.2. The second kappa shape index (κ2) is 28.7. The number of carbonyl (C=O) groups excluding carboxylic acids is 7. The molecule has 0 fully saturated rings. The Morgan fingerprint density at radius 3 is 1.31 bits per heavy atom. The Morgan fingerprint density at radius 1 is 0.569 bits per heavy atom. The predicted molar refractivity (Wildman–Crippen MR) is 278 cm³/mol. The lowest BCUT2D eigenvalue weighted by Gasteiger charge is -2.36. The van der Waals surface area contributed by atoms with Gasteiger partial charge >= 0.3 is 35.9 Å². The first kappa shape index (κ1) is 61.0. The number of hydrogen-bond acceptors (Lipinski definition) is 11. The minimum atomic E-state index is -1.19. The maximum absolute atomic E-state index is 13.3. The number of esters is 3. The highest BCUT2D eigenvalue weighted by Gasteiger charge is 2.41. The van der Waals surface area contributed by atoms with Crippen molar-refractivity contribution in [2.45, 2.75) is 134 Å². The van der Waals surface area contributed by atoms with Crippen molar-refractivity contribution in [3.05, 3.63) is 130 Å². The number of carboxylic acid groups (broad SMARTS) is 1. The molecule has 4 amide bonds. The summed E-state index contributed by atoms with van der Waals surface area (Å²) in [6.45, 7) is 23.6. The van der Waals surface area contributed by atoms with Crippen molar-refractivity contribution in [3.8, 4) is 0 Å². The Morgan fingerprint density at radius 2 is 0.931 bits per heavy atom. The lowest BCUT2D eigenvalue weighted by Crippen LogP contribution is -2.42. The Balaban J connectivity index is 1.90. The van der Waals surface area contributed by atoms with Crippen LogP contribution in [0.3, 0.4) is 0 Å². The molecule has 2 aliphatic carbocycles. The molecular formula is C56H76N4O12. The lowest BCUT2D eigenvalue weighted by atomic mass is 9.71. The number of allylic oxidation sites excluding steroid dienone is 20. The van der Waals surface area contributed by atoms with Gasteiger partial charge in [0.1, 0.15) is 18.7 Å². The number of urea groups is 2. The predicted octanol–water partition coefficient (Wildman–Crippen LogP) is 8.81. The Bertz CT molecular complexity index is 2410. The first-order chi connectivity index (χ1) is 33.5. The third-order valence-electron chi connectivity index (χ3n) is 11.3. The van der Waals surface area contributed by atoms with E-state index >= 15 is 0 Å². The highest BCUT2D eigenvalue weighted by Crippen LogP contribution is 2.42. The van der Waals surface area contributed by atoms with Gasteiger partial charge in [0.15, 0.2) is 23.8 Å². The summed E-state index contributed by atoms with van der Waals surface area (Å²) in [4.78, 5) is 97.6. The zero-order chi connectivity index (χ0) is 54.4. The molecule has 0 radical (unpaired) electrons. The minimum absolute atomic E-state index is 0.0379. The highest BCUT2D eigenvalue weighted by molar-refractivity contribution is 6.02. The molecule has 2 unspecified atom stereocenters. The smallest absolute Gasteiger partial charge is 0.325 e. The summed E-state index contributed by atoms with van der Waals surface area (Å²) in [5.41, 5.74) is 5.19. The summed E-state index contributed by atoms with van der Waals surface area (Å²) >= 11 is 0. The van der Waals surface area contributed by atoms with Crippen molar-refractivity contribution >= 4 is 47.5 Å². The topological polar surface area (TPSA) is 233 Å². The number of nitrogens with one attached hydrogen (secondary N) is 4. The zero-order valence-corrected chi connectivity index (χ0v) is 44.3. The van der Waals surface area contributed by atoms with Crippen LogP contribution in [0, 0.1) is 10.8 Å². The number of amides is 4. The molecule has 0 aromatic carbocycles. The molecule has 72 heavy (non-hydrogen) atoms. The van der Waals surface area contributed by atoms with Crippen molar-refractivity contribution < 1.29 is 57.7 Å². The maximum atomic E-state index is 13.3. The van der Waals surface area contributed by atoms with E-state index in [4.69, 9.17) is 19.3 Å². The minimum Gasteiger partial charge on any atom is -0.480 e. The van der Waals surface area contributed by atoms with Gasteiger partial charge in [-0.3, -0.25) is 28.8 Å². The second-order valence-corrected chi connectivity index (χ2v) is 20.1. The van der Waals surface area contributed by atoms with Crippen LogP contribution in [0.25, 0.3) is 0 Å². The molecule has 0 heterocycles. The van der Waals surface area contributed by atoms with E-state index < -0.39 is 71.1 Å². The molecule has 0 aromatic heterocycles. The van der Waals surface area contributed by atoms with Crippen LogP contribution in [0.15, 0.2) is 130 Å². The second-order valence-electron chi connectivity index (χ2n) is 20.1. The lowest BCUT2D eigenvalue weighted by molar-refractivity contribution is -0.156. The molecule has 0 spiro atoms. The largest absolute Gasteiger partial charge is 0.480 e. The Kier molecular flexibility index (Phi) is 24.3. The molecule has 16 nitrogen and oxygen atoms in total. The van der Waals surface area contributed by atoms with Crippen LogP contribution in [0.1, 0.15) is 116 Å². The van der Waals surface area contributed by atoms with E-state index in [-0.39, 0.29) is 44.0 Å². The number of rotatable bonds is 22. The van der Waals surface area contributed by atoms with Crippen LogP contribution in [0.2, 0.25) is 0 Å². The van der Waals surface area contributed by atoms with Gasteiger partial charge in [-0.05, 0) is 95.4 Å². The van der Waals surface area contributed by atoms with Gasteiger partial charge in [0.25, 0.3) is 0 Å². The summed E-state index contributed by atoms with van der Waals surface area (Å²) in [6, 6.07) is -1.35.